The van der Waals surface area contributed by atoms with E-state index in [1.165, 1.54) is 21.8 Å². The van der Waals surface area contributed by atoms with Gasteiger partial charge in [-0.05, 0) is 31.2 Å². The largest absolute Gasteiger partial charge is 0.341 e. The molecule has 0 atom stereocenters. The van der Waals surface area contributed by atoms with Crippen LogP contribution in [0.2, 0.25) is 0 Å². The van der Waals surface area contributed by atoms with Gasteiger partial charge in [-0.3, -0.25) is 4.79 Å². The molecule has 0 saturated heterocycles. The molecule has 21 heavy (non-hydrogen) atoms. The molecule has 0 aliphatic rings. The molecule has 1 heterocycles. The zero-order valence-corrected chi connectivity index (χ0v) is 12.7. The summed E-state index contributed by atoms with van der Waals surface area (Å²) in [5.74, 6) is 0.0336. The van der Waals surface area contributed by atoms with Gasteiger partial charge >= 0.3 is 0 Å². The van der Waals surface area contributed by atoms with Crippen LogP contribution >= 0.6 is 0 Å². The molecule has 2 aromatic carbocycles. The van der Waals surface area contributed by atoms with Gasteiger partial charge in [-0.15, -0.1) is 0 Å². The molecule has 0 aliphatic heterocycles. The summed E-state index contributed by atoms with van der Waals surface area (Å²) in [6, 6.07) is 14.5. The van der Waals surface area contributed by atoms with Crippen LogP contribution in [0, 0.1) is 5.92 Å². The summed E-state index contributed by atoms with van der Waals surface area (Å²) < 4.78 is 2.30. The molecular weight excluding hydrogens is 260 g/mol. The number of carbonyl (C=O) groups is 1. The lowest BCUT2D eigenvalue weighted by molar-refractivity contribution is -0.118. The van der Waals surface area contributed by atoms with Crippen LogP contribution in [0.1, 0.15) is 20.8 Å². The summed E-state index contributed by atoms with van der Waals surface area (Å²) in [4.78, 5) is 11.9. The Balaban J connectivity index is 2.17. The van der Waals surface area contributed by atoms with E-state index in [-0.39, 0.29) is 11.8 Å². The van der Waals surface area contributed by atoms with Crippen molar-refractivity contribution in [2.24, 2.45) is 5.92 Å². The number of fused-ring (bicyclic) bond motifs is 3. The fourth-order valence-electron chi connectivity index (χ4n) is 2.76. The quantitative estimate of drug-likeness (QED) is 0.757. The van der Waals surface area contributed by atoms with Gasteiger partial charge in [-0.2, -0.15) is 0 Å². The fourth-order valence-corrected chi connectivity index (χ4v) is 2.76. The molecule has 3 rings (SSSR count). The van der Waals surface area contributed by atoms with Crippen molar-refractivity contribution < 1.29 is 4.79 Å². The monoisotopic (exact) mass is 280 g/mol. The summed E-state index contributed by atoms with van der Waals surface area (Å²) in [5, 5.41) is 5.40. The SMILES string of the molecule is CCn1c2ccccc2c2cc(NC(=O)C(C)C)ccc21. The number of aromatic nitrogens is 1. The molecule has 1 N–H and O–H groups in total. The number of nitrogens with one attached hydrogen (secondary N) is 1. The maximum Gasteiger partial charge on any atom is 0.226 e. The number of hydrogen-bond acceptors (Lipinski definition) is 1. The van der Waals surface area contributed by atoms with Gasteiger partial charge in [0.15, 0.2) is 0 Å². The summed E-state index contributed by atoms with van der Waals surface area (Å²) in [6.07, 6.45) is 0. The zero-order chi connectivity index (χ0) is 15.0. The highest BCUT2D eigenvalue weighted by Gasteiger charge is 2.11. The van der Waals surface area contributed by atoms with Crippen molar-refractivity contribution in [1.29, 1.82) is 0 Å². The number of carbonyl (C=O) groups excluding carboxylic acids is 1. The molecule has 3 aromatic rings. The molecule has 0 radical (unpaired) electrons. The predicted molar refractivity (Wildman–Crippen MR) is 88.6 cm³/mol. The normalized spacial score (nSPS) is 11.4. The molecular formula is C18H20N2O. The van der Waals surface area contributed by atoms with Crippen molar-refractivity contribution in [2.75, 3.05) is 5.32 Å². The van der Waals surface area contributed by atoms with Crippen LogP contribution in [-0.4, -0.2) is 10.5 Å². The first-order chi connectivity index (χ1) is 10.1. The minimum Gasteiger partial charge on any atom is -0.341 e. The van der Waals surface area contributed by atoms with E-state index < -0.39 is 0 Å². The molecule has 0 fully saturated rings. The zero-order valence-electron chi connectivity index (χ0n) is 12.7. The highest BCUT2D eigenvalue weighted by atomic mass is 16.1. The van der Waals surface area contributed by atoms with Gasteiger partial charge in [0, 0.05) is 40.0 Å². The first-order valence-electron chi connectivity index (χ1n) is 7.43. The number of rotatable bonds is 3. The summed E-state index contributed by atoms with van der Waals surface area (Å²) in [6.45, 7) is 6.88. The van der Waals surface area contributed by atoms with E-state index in [1.807, 2.05) is 19.9 Å². The van der Waals surface area contributed by atoms with E-state index in [4.69, 9.17) is 0 Å². The van der Waals surface area contributed by atoms with E-state index in [2.05, 4.69) is 53.2 Å². The van der Waals surface area contributed by atoms with Gasteiger partial charge in [-0.1, -0.05) is 32.0 Å². The van der Waals surface area contributed by atoms with E-state index in [9.17, 15) is 4.79 Å². The van der Waals surface area contributed by atoms with Gasteiger partial charge in [0.05, 0.1) is 0 Å². The number of nitrogens with zero attached hydrogens (tertiary/aromatic N) is 1. The molecule has 1 aromatic heterocycles. The third kappa shape index (κ3) is 2.29. The van der Waals surface area contributed by atoms with Crippen LogP contribution in [-0.2, 0) is 11.3 Å². The Morgan fingerprint density at radius 3 is 2.52 bits per heavy atom. The Hall–Kier alpha value is -2.29. The van der Waals surface area contributed by atoms with Crippen molar-refractivity contribution >= 4 is 33.4 Å². The number of benzene rings is 2. The highest BCUT2D eigenvalue weighted by Crippen LogP contribution is 2.31. The van der Waals surface area contributed by atoms with Crippen molar-refractivity contribution in [3.63, 3.8) is 0 Å². The van der Waals surface area contributed by atoms with E-state index >= 15 is 0 Å². The van der Waals surface area contributed by atoms with E-state index in [1.54, 1.807) is 0 Å². The number of anilines is 1. The van der Waals surface area contributed by atoms with Gasteiger partial charge < -0.3 is 9.88 Å². The molecule has 1 amide bonds. The Kier molecular flexibility index (Phi) is 3.42. The second-order valence-corrected chi connectivity index (χ2v) is 5.64. The van der Waals surface area contributed by atoms with Crippen LogP contribution in [0.25, 0.3) is 21.8 Å². The number of hydrogen-bond donors (Lipinski definition) is 1. The van der Waals surface area contributed by atoms with Gasteiger partial charge in [0.1, 0.15) is 0 Å². The number of aryl methyl sites for hydroxylation is 1. The van der Waals surface area contributed by atoms with Crippen LogP contribution in [0.3, 0.4) is 0 Å². The van der Waals surface area contributed by atoms with Gasteiger partial charge in [0.2, 0.25) is 5.91 Å². The second-order valence-electron chi connectivity index (χ2n) is 5.64. The summed E-state index contributed by atoms with van der Waals surface area (Å²) in [7, 11) is 0. The molecule has 3 heteroatoms. The third-order valence-corrected chi connectivity index (χ3v) is 3.88. The smallest absolute Gasteiger partial charge is 0.226 e. The van der Waals surface area contributed by atoms with E-state index in [0.717, 1.165) is 12.2 Å². The lowest BCUT2D eigenvalue weighted by atomic mass is 10.1. The standard InChI is InChI=1S/C18H20N2O/c1-4-20-16-8-6-5-7-14(16)15-11-13(9-10-17(15)20)19-18(21)12(2)3/h5-12H,4H2,1-3H3,(H,19,21). The summed E-state index contributed by atoms with van der Waals surface area (Å²) in [5.41, 5.74) is 3.31. The number of para-hydroxylation sites is 1. The lowest BCUT2D eigenvalue weighted by Gasteiger charge is -2.08. The molecule has 0 spiro atoms. The molecule has 0 aliphatic carbocycles. The Morgan fingerprint density at radius 2 is 1.81 bits per heavy atom. The minimum atomic E-state index is -0.0160. The molecule has 0 unspecified atom stereocenters. The molecule has 3 nitrogen and oxygen atoms in total. The van der Waals surface area contributed by atoms with Gasteiger partial charge in [-0.25, -0.2) is 0 Å². The lowest BCUT2D eigenvalue weighted by Crippen LogP contribution is -2.17. The average Bonchev–Trinajstić information content (AvgIpc) is 2.80. The third-order valence-electron chi connectivity index (χ3n) is 3.88. The summed E-state index contributed by atoms with van der Waals surface area (Å²) >= 11 is 0. The maximum atomic E-state index is 11.9. The fraction of sp³-hybridized carbons (Fsp3) is 0.278. The Bertz CT molecular complexity index is 815. The second kappa shape index (κ2) is 5.24. The first kappa shape index (κ1) is 13.7. The Labute approximate surface area is 124 Å². The molecule has 108 valence electrons. The predicted octanol–water partition coefficient (Wildman–Crippen LogP) is 4.41. The molecule has 0 bridgehead atoms. The highest BCUT2D eigenvalue weighted by molar-refractivity contribution is 6.09. The van der Waals surface area contributed by atoms with Crippen LogP contribution in [0.4, 0.5) is 5.69 Å². The van der Waals surface area contributed by atoms with Crippen molar-refractivity contribution in [3.8, 4) is 0 Å². The van der Waals surface area contributed by atoms with Crippen LogP contribution in [0.15, 0.2) is 42.5 Å². The topological polar surface area (TPSA) is 34.0 Å². The Morgan fingerprint density at radius 1 is 1.10 bits per heavy atom. The maximum absolute atomic E-state index is 11.9. The van der Waals surface area contributed by atoms with Crippen molar-refractivity contribution in [1.82, 2.24) is 4.57 Å². The average molecular weight is 280 g/mol. The number of amides is 1. The van der Waals surface area contributed by atoms with E-state index in [0.29, 0.717) is 0 Å². The van der Waals surface area contributed by atoms with Crippen LogP contribution in [0.5, 0.6) is 0 Å². The van der Waals surface area contributed by atoms with Gasteiger partial charge in [0.25, 0.3) is 0 Å². The van der Waals surface area contributed by atoms with Crippen molar-refractivity contribution in [3.05, 3.63) is 42.5 Å². The van der Waals surface area contributed by atoms with Crippen molar-refractivity contribution in [2.45, 2.75) is 27.3 Å². The minimum absolute atomic E-state index is 0.0160. The van der Waals surface area contributed by atoms with Crippen LogP contribution < -0.4 is 5.32 Å². The molecule has 0 saturated carbocycles. The first-order valence-corrected chi connectivity index (χ1v) is 7.43.